The van der Waals surface area contributed by atoms with Crippen LogP contribution in [-0.4, -0.2) is 38.7 Å². The van der Waals surface area contributed by atoms with E-state index in [1.54, 1.807) is 12.6 Å². The molecule has 0 radical (unpaired) electrons. The largest absolute Gasteiger partial charge is 0.467 e. The van der Waals surface area contributed by atoms with E-state index in [4.69, 9.17) is 4.42 Å². The fourth-order valence-corrected chi connectivity index (χ4v) is 4.38. The highest BCUT2D eigenvalue weighted by Crippen LogP contribution is 2.36. The third-order valence-corrected chi connectivity index (χ3v) is 5.94. The van der Waals surface area contributed by atoms with E-state index in [1.807, 2.05) is 51.9 Å². The van der Waals surface area contributed by atoms with E-state index in [1.165, 1.54) is 18.2 Å². The van der Waals surface area contributed by atoms with Crippen LogP contribution in [0.25, 0.3) is 0 Å². The monoisotopic (exact) mass is 382 g/mol. The molecule has 27 heavy (non-hydrogen) atoms. The number of nitrogens with zero attached hydrogens (tertiary/aromatic N) is 4. The zero-order chi connectivity index (χ0) is 18.5. The number of rotatable bonds is 6. The summed E-state index contributed by atoms with van der Waals surface area (Å²) in [6.07, 6.45) is 6.68. The molecule has 2 aromatic heterocycles. The maximum absolute atomic E-state index is 13.3. The van der Waals surface area contributed by atoms with Gasteiger partial charge in [-0.25, -0.2) is 0 Å². The van der Waals surface area contributed by atoms with Crippen molar-refractivity contribution >= 4 is 17.7 Å². The van der Waals surface area contributed by atoms with E-state index in [9.17, 15) is 4.79 Å². The summed E-state index contributed by atoms with van der Waals surface area (Å²) in [6, 6.07) is 13.7. The minimum absolute atomic E-state index is 0.151. The van der Waals surface area contributed by atoms with Crippen LogP contribution in [0.5, 0.6) is 0 Å². The predicted molar refractivity (Wildman–Crippen MR) is 103 cm³/mol. The lowest BCUT2D eigenvalue weighted by atomic mass is 10.1. The molecule has 1 unspecified atom stereocenters. The summed E-state index contributed by atoms with van der Waals surface area (Å²) < 4.78 is 7.35. The lowest BCUT2D eigenvalue weighted by Crippen LogP contribution is -2.38. The molecule has 1 saturated heterocycles. The van der Waals surface area contributed by atoms with Crippen molar-refractivity contribution in [3.63, 3.8) is 0 Å². The first-order valence-corrected chi connectivity index (χ1v) is 10.1. The van der Waals surface area contributed by atoms with Crippen molar-refractivity contribution in [2.75, 3.05) is 13.1 Å². The van der Waals surface area contributed by atoms with Crippen molar-refractivity contribution in [3.05, 3.63) is 66.4 Å². The maximum atomic E-state index is 13.3. The van der Waals surface area contributed by atoms with E-state index in [-0.39, 0.29) is 11.2 Å². The van der Waals surface area contributed by atoms with Crippen LogP contribution in [-0.2, 0) is 11.3 Å². The van der Waals surface area contributed by atoms with Crippen LogP contribution >= 0.6 is 11.8 Å². The maximum Gasteiger partial charge on any atom is 0.240 e. The smallest absolute Gasteiger partial charge is 0.240 e. The Hall–Kier alpha value is -2.54. The first kappa shape index (κ1) is 17.9. The third kappa shape index (κ3) is 4.24. The van der Waals surface area contributed by atoms with E-state index < -0.39 is 0 Å². The highest BCUT2D eigenvalue weighted by Gasteiger charge is 2.29. The van der Waals surface area contributed by atoms with E-state index in [2.05, 4.69) is 10.2 Å². The van der Waals surface area contributed by atoms with Gasteiger partial charge in [-0.15, -0.1) is 10.2 Å². The Balaban J connectivity index is 1.58. The first-order chi connectivity index (χ1) is 13.3. The summed E-state index contributed by atoms with van der Waals surface area (Å²) in [5.74, 6) is 0.980. The first-order valence-electron chi connectivity index (χ1n) is 9.22. The van der Waals surface area contributed by atoms with Crippen molar-refractivity contribution in [2.45, 2.75) is 36.2 Å². The Morgan fingerprint density at radius 3 is 2.67 bits per heavy atom. The Kier molecular flexibility index (Phi) is 5.58. The van der Waals surface area contributed by atoms with Gasteiger partial charge in [0.25, 0.3) is 0 Å². The number of hydrogen-bond donors (Lipinski definition) is 0. The van der Waals surface area contributed by atoms with Crippen molar-refractivity contribution in [1.29, 1.82) is 0 Å². The molecule has 3 aromatic rings. The molecule has 0 spiro atoms. The van der Waals surface area contributed by atoms with Crippen LogP contribution in [0, 0.1) is 0 Å². The normalized spacial score (nSPS) is 15.6. The van der Waals surface area contributed by atoms with Gasteiger partial charge in [-0.2, -0.15) is 0 Å². The molecule has 1 aliphatic rings. The van der Waals surface area contributed by atoms with Crippen molar-refractivity contribution in [3.8, 4) is 0 Å². The van der Waals surface area contributed by atoms with Crippen LogP contribution in [0.1, 0.15) is 35.8 Å². The van der Waals surface area contributed by atoms with Crippen molar-refractivity contribution in [1.82, 2.24) is 19.7 Å². The molecule has 1 fully saturated rings. The molecule has 140 valence electrons. The molecule has 0 N–H and O–H groups in total. The van der Waals surface area contributed by atoms with Gasteiger partial charge in [-0.3, -0.25) is 4.79 Å². The molecule has 3 heterocycles. The molecule has 0 bridgehead atoms. The van der Waals surface area contributed by atoms with Crippen LogP contribution in [0.2, 0.25) is 0 Å². The number of piperidine rings is 1. The molecule has 1 aromatic carbocycles. The number of benzene rings is 1. The summed E-state index contributed by atoms with van der Waals surface area (Å²) in [4.78, 5) is 15.3. The standard InChI is InChI=1S/C20H22N4O2S/c25-19(23-11-5-2-6-12-23)18(16-8-3-1-4-9-16)27-20-22-21-15-24(20)14-17-10-7-13-26-17/h1,3-4,7-10,13,15,18H,2,5-6,11-12,14H2. The summed E-state index contributed by atoms with van der Waals surface area (Å²) >= 11 is 1.46. The Labute approximate surface area is 162 Å². The van der Waals surface area contributed by atoms with Gasteiger partial charge in [0.1, 0.15) is 17.3 Å². The van der Waals surface area contributed by atoms with Crippen molar-refractivity contribution in [2.24, 2.45) is 0 Å². The molecule has 1 amide bonds. The van der Waals surface area contributed by atoms with Gasteiger partial charge >= 0.3 is 0 Å². The van der Waals surface area contributed by atoms with Gasteiger partial charge in [0.15, 0.2) is 5.16 Å². The number of carbonyl (C=O) groups excluding carboxylic acids is 1. The van der Waals surface area contributed by atoms with Gasteiger partial charge in [-0.05, 0) is 37.0 Å². The topological polar surface area (TPSA) is 64.2 Å². The highest BCUT2D eigenvalue weighted by atomic mass is 32.2. The lowest BCUT2D eigenvalue weighted by molar-refractivity contribution is -0.131. The van der Waals surface area contributed by atoms with Gasteiger partial charge < -0.3 is 13.9 Å². The Bertz CT molecular complexity index is 857. The zero-order valence-electron chi connectivity index (χ0n) is 15.0. The fourth-order valence-electron chi connectivity index (χ4n) is 3.29. The SMILES string of the molecule is O=C(C(Sc1nncn1Cc1ccco1)c1ccccc1)N1CCCCC1. The van der Waals surface area contributed by atoms with Crippen molar-refractivity contribution < 1.29 is 9.21 Å². The number of thioether (sulfide) groups is 1. The number of amides is 1. The molecular formula is C20H22N4O2S. The van der Waals surface area contributed by atoms with Crippen LogP contribution in [0.15, 0.2) is 64.6 Å². The highest BCUT2D eigenvalue weighted by molar-refractivity contribution is 8.00. The molecule has 6 nitrogen and oxygen atoms in total. The van der Waals surface area contributed by atoms with Crippen LogP contribution in [0.4, 0.5) is 0 Å². The van der Waals surface area contributed by atoms with Gasteiger partial charge in [-0.1, -0.05) is 42.1 Å². The van der Waals surface area contributed by atoms with Gasteiger partial charge in [0.05, 0.1) is 12.8 Å². The van der Waals surface area contributed by atoms with E-state index in [0.717, 1.165) is 37.3 Å². The average molecular weight is 382 g/mol. The predicted octanol–water partition coefficient (Wildman–Crippen LogP) is 3.77. The number of likely N-dealkylation sites (tertiary alicyclic amines) is 1. The minimum atomic E-state index is -0.330. The number of aromatic nitrogens is 3. The van der Waals surface area contributed by atoms with E-state index >= 15 is 0 Å². The second-order valence-electron chi connectivity index (χ2n) is 6.62. The Morgan fingerprint density at radius 1 is 1.11 bits per heavy atom. The van der Waals surface area contributed by atoms with Gasteiger partial charge in [0, 0.05) is 13.1 Å². The Morgan fingerprint density at radius 2 is 1.93 bits per heavy atom. The summed E-state index contributed by atoms with van der Waals surface area (Å²) in [7, 11) is 0. The minimum Gasteiger partial charge on any atom is -0.467 e. The molecular weight excluding hydrogens is 360 g/mol. The molecule has 4 rings (SSSR count). The zero-order valence-corrected chi connectivity index (χ0v) is 15.8. The summed E-state index contributed by atoms with van der Waals surface area (Å²) in [5.41, 5.74) is 0.991. The number of furan rings is 1. The molecule has 0 aliphatic carbocycles. The molecule has 7 heteroatoms. The van der Waals surface area contributed by atoms with E-state index in [0.29, 0.717) is 11.7 Å². The van der Waals surface area contributed by atoms with Crippen LogP contribution < -0.4 is 0 Å². The summed E-state index contributed by atoms with van der Waals surface area (Å²) in [6.45, 7) is 2.21. The summed E-state index contributed by atoms with van der Waals surface area (Å²) in [5, 5.41) is 8.68. The lowest BCUT2D eigenvalue weighted by Gasteiger charge is -2.30. The molecule has 1 atom stereocenters. The number of hydrogen-bond acceptors (Lipinski definition) is 5. The van der Waals surface area contributed by atoms with Crippen LogP contribution in [0.3, 0.4) is 0 Å². The number of carbonyl (C=O) groups is 1. The van der Waals surface area contributed by atoms with Gasteiger partial charge in [0.2, 0.25) is 5.91 Å². The quantitative estimate of drug-likeness (QED) is 0.607. The second-order valence-corrected chi connectivity index (χ2v) is 7.69. The second kappa shape index (κ2) is 8.43. The fraction of sp³-hybridized carbons (Fsp3) is 0.350. The average Bonchev–Trinajstić information content (AvgIpc) is 3.39. The third-order valence-electron chi connectivity index (χ3n) is 4.70. The molecule has 0 saturated carbocycles. The molecule has 1 aliphatic heterocycles.